The Labute approximate surface area is 143 Å². The normalized spacial score (nSPS) is 28.5. The SMILES string of the molecule is CCN(C[C@H]1CCOC1)C(=O)[C@@H]1CSCN1C(=O)C1CCCC1. The molecule has 0 aromatic heterocycles. The number of nitrogens with zero attached hydrogens (tertiary/aromatic N) is 2. The van der Waals surface area contributed by atoms with Gasteiger partial charge < -0.3 is 14.5 Å². The van der Waals surface area contributed by atoms with Crippen LogP contribution in [0.5, 0.6) is 0 Å². The maximum Gasteiger partial charge on any atom is 0.246 e. The van der Waals surface area contributed by atoms with Gasteiger partial charge >= 0.3 is 0 Å². The van der Waals surface area contributed by atoms with Gasteiger partial charge in [-0.05, 0) is 26.2 Å². The summed E-state index contributed by atoms with van der Waals surface area (Å²) < 4.78 is 5.43. The first-order chi connectivity index (χ1) is 11.2. The molecule has 0 aromatic rings. The number of carbonyl (C=O) groups is 2. The van der Waals surface area contributed by atoms with Gasteiger partial charge in [-0.25, -0.2) is 0 Å². The molecule has 0 N–H and O–H groups in total. The highest BCUT2D eigenvalue weighted by molar-refractivity contribution is 7.99. The molecule has 1 saturated carbocycles. The molecule has 1 aliphatic carbocycles. The van der Waals surface area contributed by atoms with E-state index in [1.54, 1.807) is 11.8 Å². The maximum atomic E-state index is 13.0. The molecule has 130 valence electrons. The summed E-state index contributed by atoms with van der Waals surface area (Å²) in [5.41, 5.74) is 0. The quantitative estimate of drug-likeness (QED) is 0.768. The molecule has 6 heteroatoms. The Morgan fingerprint density at radius 2 is 2.04 bits per heavy atom. The summed E-state index contributed by atoms with van der Waals surface area (Å²) in [7, 11) is 0. The topological polar surface area (TPSA) is 49.9 Å². The zero-order valence-corrected chi connectivity index (χ0v) is 14.9. The minimum absolute atomic E-state index is 0.135. The Morgan fingerprint density at radius 3 is 2.70 bits per heavy atom. The van der Waals surface area contributed by atoms with E-state index in [-0.39, 0.29) is 23.8 Å². The molecule has 3 fully saturated rings. The molecule has 3 aliphatic rings. The van der Waals surface area contributed by atoms with E-state index in [0.29, 0.717) is 18.3 Å². The summed E-state index contributed by atoms with van der Waals surface area (Å²) in [6.07, 6.45) is 5.33. The van der Waals surface area contributed by atoms with Crippen LogP contribution in [0.15, 0.2) is 0 Å². The molecular weight excluding hydrogens is 312 g/mol. The fraction of sp³-hybridized carbons (Fsp3) is 0.882. The van der Waals surface area contributed by atoms with E-state index >= 15 is 0 Å². The first-order valence-corrected chi connectivity index (χ1v) is 10.1. The molecule has 2 saturated heterocycles. The average molecular weight is 340 g/mol. The first-order valence-electron chi connectivity index (χ1n) is 8.95. The smallest absolute Gasteiger partial charge is 0.246 e. The van der Waals surface area contributed by atoms with Crippen molar-refractivity contribution in [1.82, 2.24) is 9.80 Å². The van der Waals surface area contributed by atoms with E-state index < -0.39 is 0 Å². The molecule has 0 aromatic carbocycles. The first kappa shape index (κ1) is 17.1. The lowest BCUT2D eigenvalue weighted by Crippen LogP contribution is -2.51. The van der Waals surface area contributed by atoms with Crippen LogP contribution < -0.4 is 0 Å². The van der Waals surface area contributed by atoms with Gasteiger partial charge in [0.25, 0.3) is 0 Å². The highest BCUT2D eigenvalue weighted by Crippen LogP contribution is 2.31. The molecule has 2 atom stereocenters. The van der Waals surface area contributed by atoms with E-state index in [0.717, 1.165) is 57.6 Å². The molecule has 0 radical (unpaired) electrons. The van der Waals surface area contributed by atoms with Crippen LogP contribution >= 0.6 is 11.8 Å². The van der Waals surface area contributed by atoms with Crippen LogP contribution in [-0.2, 0) is 14.3 Å². The predicted molar refractivity (Wildman–Crippen MR) is 91.1 cm³/mol. The minimum atomic E-state index is -0.254. The molecular formula is C17H28N2O3S. The van der Waals surface area contributed by atoms with E-state index in [9.17, 15) is 9.59 Å². The third-order valence-electron chi connectivity index (χ3n) is 5.35. The highest BCUT2D eigenvalue weighted by atomic mass is 32.2. The number of ether oxygens (including phenoxy) is 1. The predicted octanol–water partition coefficient (Wildman–Crippen LogP) is 1.96. The number of thioether (sulfide) groups is 1. The summed E-state index contributed by atoms with van der Waals surface area (Å²) in [4.78, 5) is 29.5. The number of hydrogen-bond donors (Lipinski definition) is 0. The van der Waals surface area contributed by atoms with E-state index in [1.165, 1.54) is 0 Å². The minimum Gasteiger partial charge on any atom is -0.381 e. The number of likely N-dealkylation sites (N-methyl/N-ethyl adjacent to an activating group) is 1. The monoisotopic (exact) mass is 340 g/mol. The molecule has 5 nitrogen and oxygen atoms in total. The summed E-state index contributed by atoms with van der Waals surface area (Å²) in [5.74, 6) is 2.38. The van der Waals surface area contributed by atoms with Crippen LogP contribution in [0.3, 0.4) is 0 Å². The Balaban J connectivity index is 1.62. The molecule has 3 rings (SSSR count). The Morgan fingerprint density at radius 1 is 1.26 bits per heavy atom. The van der Waals surface area contributed by atoms with Gasteiger partial charge in [0.1, 0.15) is 6.04 Å². The fourth-order valence-electron chi connectivity index (χ4n) is 3.90. The van der Waals surface area contributed by atoms with Crippen molar-refractivity contribution in [3.05, 3.63) is 0 Å². The van der Waals surface area contributed by atoms with Crippen LogP contribution in [0.1, 0.15) is 39.0 Å². The van der Waals surface area contributed by atoms with Crippen LogP contribution in [0.2, 0.25) is 0 Å². The van der Waals surface area contributed by atoms with Gasteiger partial charge in [-0.2, -0.15) is 0 Å². The summed E-state index contributed by atoms with van der Waals surface area (Å²) in [5, 5.41) is 0. The van der Waals surface area contributed by atoms with Gasteiger partial charge in [-0.1, -0.05) is 12.8 Å². The van der Waals surface area contributed by atoms with Gasteiger partial charge in [-0.15, -0.1) is 11.8 Å². The second kappa shape index (κ2) is 7.88. The maximum absolute atomic E-state index is 13.0. The second-order valence-corrected chi connectivity index (χ2v) is 7.91. The van der Waals surface area contributed by atoms with Crippen molar-refractivity contribution in [2.45, 2.75) is 45.1 Å². The standard InChI is InChI=1S/C17H28N2O3S/c1-2-18(9-13-7-8-22-10-13)17(21)15-11-23-12-19(15)16(20)14-5-3-4-6-14/h13-15H,2-12H2,1H3/t13-,15+/m1/s1. The summed E-state index contributed by atoms with van der Waals surface area (Å²) in [6, 6.07) is -0.254. The van der Waals surface area contributed by atoms with E-state index in [4.69, 9.17) is 4.74 Å². The Kier molecular flexibility index (Phi) is 5.85. The number of hydrogen-bond acceptors (Lipinski definition) is 4. The molecule has 2 amide bonds. The van der Waals surface area contributed by atoms with Crippen molar-refractivity contribution in [3.63, 3.8) is 0 Å². The highest BCUT2D eigenvalue weighted by Gasteiger charge is 2.40. The van der Waals surface area contributed by atoms with E-state index in [2.05, 4.69) is 0 Å². The van der Waals surface area contributed by atoms with Crippen LogP contribution in [-0.4, -0.2) is 65.6 Å². The number of rotatable bonds is 5. The third-order valence-corrected chi connectivity index (χ3v) is 6.36. The van der Waals surface area contributed by atoms with Crippen LogP contribution in [0.4, 0.5) is 0 Å². The molecule has 2 heterocycles. The lowest BCUT2D eigenvalue weighted by atomic mass is 10.1. The molecule has 0 bridgehead atoms. The van der Waals surface area contributed by atoms with Crippen LogP contribution in [0.25, 0.3) is 0 Å². The summed E-state index contributed by atoms with van der Waals surface area (Å²) in [6.45, 7) is 5.07. The van der Waals surface area contributed by atoms with Gasteiger partial charge in [0.2, 0.25) is 11.8 Å². The Hall–Kier alpha value is -0.750. The van der Waals surface area contributed by atoms with Crippen molar-refractivity contribution in [2.24, 2.45) is 11.8 Å². The number of amides is 2. The van der Waals surface area contributed by atoms with Crippen LogP contribution in [0, 0.1) is 11.8 Å². The van der Waals surface area contributed by atoms with Gasteiger partial charge in [0.15, 0.2) is 0 Å². The summed E-state index contributed by atoms with van der Waals surface area (Å²) >= 11 is 1.71. The lowest BCUT2D eigenvalue weighted by molar-refractivity contribution is -0.145. The van der Waals surface area contributed by atoms with Crippen molar-refractivity contribution in [3.8, 4) is 0 Å². The molecule has 2 aliphatic heterocycles. The molecule has 23 heavy (non-hydrogen) atoms. The van der Waals surface area contributed by atoms with E-state index in [1.807, 2.05) is 16.7 Å². The lowest BCUT2D eigenvalue weighted by Gasteiger charge is -2.31. The van der Waals surface area contributed by atoms with Crippen molar-refractivity contribution in [2.75, 3.05) is 37.9 Å². The second-order valence-electron chi connectivity index (χ2n) is 6.91. The van der Waals surface area contributed by atoms with Crippen molar-refractivity contribution in [1.29, 1.82) is 0 Å². The Bertz CT molecular complexity index is 434. The third kappa shape index (κ3) is 3.85. The van der Waals surface area contributed by atoms with Gasteiger partial charge in [-0.3, -0.25) is 9.59 Å². The van der Waals surface area contributed by atoms with Gasteiger partial charge in [0, 0.05) is 37.3 Å². The average Bonchev–Trinajstić information content (AvgIpc) is 3.33. The largest absolute Gasteiger partial charge is 0.381 e. The molecule has 0 unspecified atom stereocenters. The zero-order chi connectivity index (χ0) is 16.2. The fourth-order valence-corrected chi connectivity index (χ4v) is 5.05. The molecule has 0 spiro atoms. The number of carbonyl (C=O) groups excluding carboxylic acids is 2. The van der Waals surface area contributed by atoms with Crippen molar-refractivity contribution >= 4 is 23.6 Å². The zero-order valence-electron chi connectivity index (χ0n) is 14.0. The van der Waals surface area contributed by atoms with Gasteiger partial charge in [0.05, 0.1) is 12.5 Å². The van der Waals surface area contributed by atoms with Crippen molar-refractivity contribution < 1.29 is 14.3 Å².